The van der Waals surface area contributed by atoms with Crippen LogP contribution in [-0.2, 0) is 12.8 Å². The van der Waals surface area contributed by atoms with Gasteiger partial charge in [-0.25, -0.2) is 4.98 Å². The number of thioether (sulfide) groups is 1. The van der Waals surface area contributed by atoms with Crippen molar-refractivity contribution in [3.63, 3.8) is 0 Å². The Kier molecular flexibility index (Phi) is 4.68. The van der Waals surface area contributed by atoms with Gasteiger partial charge >= 0.3 is 0 Å². The number of nitrogens with zero attached hydrogens (tertiary/aromatic N) is 3. The molecule has 0 saturated heterocycles. The molecule has 0 saturated carbocycles. The summed E-state index contributed by atoms with van der Waals surface area (Å²) in [6, 6.07) is 12.2. The predicted octanol–water partition coefficient (Wildman–Crippen LogP) is 3.90. The van der Waals surface area contributed by atoms with Crippen LogP contribution in [-0.4, -0.2) is 14.5 Å². The van der Waals surface area contributed by atoms with E-state index in [1.807, 2.05) is 12.1 Å². The first-order valence-electron chi connectivity index (χ1n) is 6.99. The van der Waals surface area contributed by atoms with E-state index in [1.165, 1.54) is 22.4 Å². The van der Waals surface area contributed by atoms with Crippen molar-refractivity contribution in [2.24, 2.45) is 7.05 Å². The van der Waals surface area contributed by atoms with E-state index in [-0.39, 0.29) is 11.2 Å². The summed E-state index contributed by atoms with van der Waals surface area (Å²) < 4.78 is 1.94. The summed E-state index contributed by atoms with van der Waals surface area (Å²) in [4.78, 5) is 27.4. The van der Waals surface area contributed by atoms with Gasteiger partial charge in [0, 0.05) is 18.9 Å². The zero-order valence-corrected chi connectivity index (χ0v) is 15.0. The van der Waals surface area contributed by atoms with Crippen LogP contribution in [0.2, 0.25) is 0 Å². The maximum atomic E-state index is 12.4. The van der Waals surface area contributed by atoms with Gasteiger partial charge in [-0.2, -0.15) is 0 Å². The highest BCUT2D eigenvalue weighted by Gasteiger charge is 2.13. The average molecular weight is 406 g/mol. The molecule has 0 aliphatic rings. The van der Waals surface area contributed by atoms with Gasteiger partial charge < -0.3 is 0 Å². The third kappa shape index (κ3) is 3.20. The van der Waals surface area contributed by atoms with Crippen molar-refractivity contribution < 1.29 is 4.92 Å². The number of nitro groups is 1. The van der Waals surface area contributed by atoms with Crippen molar-refractivity contribution in [2.75, 3.05) is 0 Å². The maximum absolute atomic E-state index is 12.4. The lowest BCUT2D eigenvalue weighted by atomic mass is 10.2. The number of fused-ring (bicyclic) bond motifs is 1. The van der Waals surface area contributed by atoms with E-state index in [1.54, 1.807) is 31.3 Å². The molecule has 0 aliphatic carbocycles. The van der Waals surface area contributed by atoms with E-state index in [2.05, 4.69) is 20.9 Å². The minimum absolute atomic E-state index is 0.0217. The Morgan fingerprint density at radius 3 is 2.79 bits per heavy atom. The van der Waals surface area contributed by atoms with E-state index >= 15 is 0 Å². The Morgan fingerprint density at radius 1 is 1.29 bits per heavy atom. The van der Waals surface area contributed by atoms with Crippen LogP contribution >= 0.6 is 27.7 Å². The first-order chi connectivity index (χ1) is 11.5. The normalized spacial score (nSPS) is 10.9. The van der Waals surface area contributed by atoms with E-state index < -0.39 is 4.92 Å². The second-order valence-corrected chi connectivity index (χ2v) is 6.90. The molecule has 2 aromatic carbocycles. The van der Waals surface area contributed by atoms with Crippen molar-refractivity contribution >= 4 is 44.3 Å². The van der Waals surface area contributed by atoms with E-state index in [0.29, 0.717) is 26.3 Å². The molecular formula is C16H12BrN3O3S. The van der Waals surface area contributed by atoms with Crippen LogP contribution in [0.3, 0.4) is 0 Å². The van der Waals surface area contributed by atoms with E-state index in [9.17, 15) is 14.9 Å². The molecule has 122 valence electrons. The van der Waals surface area contributed by atoms with Gasteiger partial charge in [-0.05, 0) is 39.7 Å². The fourth-order valence-electron chi connectivity index (χ4n) is 2.26. The second-order valence-electron chi connectivity index (χ2n) is 5.11. The van der Waals surface area contributed by atoms with Crippen molar-refractivity contribution in [3.8, 4) is 0 Å². The lowest BCUT2D eigenvalue weighted by molar-refractivity contribution is -0.385. The molecule has 24 heavy (non-hydrogen) atoms. The third-order valence-electron chi connectivity index (χ3n) is 3.52. The van der Waals surface area contributed by atoms with Gasteiger partial charge in [0.15, 0.2) is 5.16 Å². The van der Waals surface area contributed by atoms with Crippen LogP contribution in [0.1, 0.15) is 5.56 Å². The second kappa shape index (κ2) is 6.74. The molecule has 0 amide bonds. The van der Waals surface area contributed by atoms with Gasteiger partial charge in [-0.3, -0.25) is 19.5 Å². The summed E-state index contributed by atoms with van der Waals surface area (Å²) in [5.74, 6) is 0.479. The molecule has 0 bridgehead atoms. The van der Waals surface area contributed by atoms with Crippen LogP contribution < -0.4 is 5.56 Å². The van der Waals surface area contributed by atoms with Crippen molar-refractivity contribution in [2.45, 2.75) is 10.9 Å². The fourth-order valence-corrected chi connectivity index (χ4v) is 3.57. The molecule has 0 N–H and O–H groups in total. The summed E-state index contributed by atoms with van der Waals surface area (Å²) in [6.45, 7) is 0. The Bertz CT molecular complexity index is 1000. The molecular weight excluding hydrogens is 394 g/mol. The molecule has 0 spiro atoms. The molecule has 0 radical (unpaired) electrons. The molecule has 1 heterocycles. The lowest BCUT2D eigenvalue weighted by Gasteiger charge is -2.08. The highest BCUT2D eigenvalue weighted by Crippen LogP contribution is 2.28. The number of para-hydroxylation sites is 1. The SMILES string of the molecule is Cn1c(SCc2ccc(Br)c([N+](=O)[O-])c2)nc2ccccc2c1=O. The minimum Gasteiger partial charge on any atom is -0.290 e. The largest absolute Gasteiger partial charge is 0.290 e. The highest BCUT2D eigenvalue weighted by molar-refractivity contribution is 9.10. The summed E-state index contributed by atoms with van der Waals surface area (Å²) >= 11 is 4.54. The smallest absolute Gasteiger partial charge is 0.283 e. The molecule has 0 unspecified atom stereocenters. The summed E-state index contributed by atoms with van der Waals surface area (Å²) in [6.07, 6.45) is 0. The number of rotatable bonds is 4. The van der Waals surface area contributed by atoms with E-state index in [0.717, 1.165) is 5.56 Å². The predicted molar refractivity (Wildman–Crippen MR) is 97.3 cm³/mol. The molecule has 3 aromatic rings. The van der Waals surface area contributed by atoms with Crippen LogP contribution in [0.15, 0.2) is 56.9 Å². The summed E-state index contributed by atoms with van der Waals surface area (Å²) in [5, 5.41) is 12.2. The topological polar surface area (TPSA) is 78.0 Å². The molecule has 0 atom stereocenters. The van der Waals surface area contributed by atoms with Crippen LogP contribution in [0.5, 0.6) is 0 Å². The number of nitro benzene ring substituents is 1. The average Bonchev–Trinajstić information content (AvgIpc) is 2.58. The fraction of sp³-hybridized carbons (Fsp3) is 0.125. The molecule has 8 heteroatoms. The summed E-state index contributed by atoms with van der Waals surface area (Å²) in [5.41, 5.74) is 1.35. The Morgan fingerprint density at radius 2 is 2.04 bits per heavy atom. The standard InChI is InChI=1S/C16H12BrN3O3S/c1-19-15(21)11-4-2-3-5-13(11)18-16(19)24-9-10-6-7-12(17)14(8-10)20(22)23/h2-8H,9H2,1H3. The van der Waals surface area contributed by atoms with Gasteiger partial charge in [-0.1, -0.05) is 30.0 Å². The van der Waals surface area contributed by atoms with Crippen LogP contribution in [0.25, 0.3) is 10.9 Å². The van der Waals surface area contributed by atoms with Gasteiger partial charge in [0.2, 0.25) is 0 Å². The first kappa shape index (κ1) is 16.7. The van der Waals surface area contributed by atoms with Gasteiger partial charge in [0.25, 0.3) is 11.2 Å². The lowest BCUT2D eigenvalue weighted by Crippen LogP contribution is -2.19. The van der Waals surface area contributed by atoms with Crippen LogP contribution in [0.4, 0.5) is 5.69 Å². The van der Waals surface area contributed by atoms with E-state index in [4.69, 9.17) is 0 Å². The first-order valence-corrected chi connectivity index (χ1v) is 8.76. The zero-order chi connectivity index (χ0) is 17.3. The van der Waals surface area contributed by atoms with Crippen molar-refractivity contribution in [1.29, 1.82) is 0 Å². The zero-order valence-electron chi connectivity index (χ0n) is 12.6. The van der Waals surface area contributed by atoms with Crippen LogP contribution in [0, 0.1) is 10.1 Å². The molecule has 6 nitrogen and oxygen atoms in total. The molecule has 1 aromatic heterocycles. The summed E-state index contributed by atoms with van der Waals surface area (Å²) in [7, 11) is 1.67. The van der Waals surface area contributed by atoms with Gasteiger partial charge in [0.05, 0.1) is 20.3 Å². The number of hydrogen-bond acceptors (Lipinski definition) is 5. The van der Waals surface area contributed by atoms with Gasteiger partial charge in [-0.15, -0.1) is 0 Å². The Hall–Kier alpha value is -2.19. The maximum Gasteiger partial charge on any atom is 0.283 e. The molecule has 0 aliphatic heterocycles. The minimum atomic E-state index is -0.428. The monoisotopic (exact) mass is 405 g/mol. The molecule has 0 fully saturated rings. The van der Waals surface area contributed by atoms with Crippen molar-refractivity contribution in [1.82, 2.24) is 9.55 Å². The Labute approximate surface area is 149 Å². The quantitative estimate of drug-likeness (QED) is 0.284. The highest BCUT2D eigenvalue weighted by atomic mass is 79.9. The molecule has 3 rings (SSSR count). The third-order valence-corrected chi connectivity index (χ3v) is 5.29. The Balaban J connectivity index is 1.91. The van der Waals surface area contributed by atoms with Gasteiger partial charge in [0.1, 0.15) is 0 Å². The van der Waals surface area contributed by atoms with Crippen molar-refractivity contribution in [3.05, 3.63) is 73.0 Å². The number of benzene rings is 2. The number of hydrogen-bond donors (Lipinski definition) is 0. The number of halogens is 1. The number of aromatic nitrogens is 2.